The normalized spacial score (nSPS) is 10.3. The first-order valence-corrected chi connectivity index (χ1v) is 6.22. The molecule has 0 amide bonds. The molecule has 0 saturated heterocycles. The topological polar surface area (TPSA) is 52.0 Å². The average Bonchev–Trinajstić information content (AvgIpc) is 2.30. The highest BCUT2D eigenvalue weighted by atomic mass is 32.2. The molecule has 0 spiro atoms. The Balaban J connectivity index is 2.54. The van der Waals surface area contributed by atoms with Gasteiger partial charge in [-0.05, 0) is 42.2 Å². The van der Waals surface area contributed by atoms with Crippen molar-refractivity contribution in [2.45, 2.75) is 4.90 Å². The highest BCUT2D eigenvalue weighted by Crippen LogP contribution is 2.30. The monoisotopic (exact) mass is 230 g/mol. The summed E-state index contributed by atoms with van der Waals surface area (Å²) in [6, 6.07) is 13.8. The maximum absolute atomic E-state index is 5.98. The summed E-state index contributed by atoms with van der Waals surface area (Å²) in [4.78, 5) is 1.20. The molecule has 0 bridgehead atoms. The van der Waals surface area contributed by atoms with Crippen LogP contribution in [0.25, 0.3) is 11.1 Å². The number of thioether (sulfide) groups is 1. The van der Waals surface area contributed by atoms with Gasteiger partial charge in [-0.15, -0.1) is 11.8 Å². The first-order valence-electron chi connectivity index (χ1n) is 5.00. The van der Waals surface area contributed by atoms with E-state index in [1.54, 1.807) is 11.8 Å². The number of nitrogens with two attached hydrogens (primary N) is 2. The molecule has 0 aliphatic carbocycles. The van der Waals surface area contributed by atoms with Crippen LogP contribution in [0.15, 0.2) is 47.4 Å². The zero-order valence-corrected chi connectivity index (χ0v) is 9.92. The molecule has 0 aromatic heterocycles. The van der Waals surface area contributed by atoms with E-state index in [4.69, 9.17) is 11.5 Å². The lowest BCUT2D eigenvalue weighted by atomic mass is 10.0. The Morgan fingerprint density at radius 1 is 1.00 bits per heavy atom. The maximum atomic E-state index is 5.98. The van der Waals surface area contributed by atoms with Gasteiger partial charge in [0.05, 0.1) is 0 Å². The van der Waals surface area contributed by atoms with Crippen LogP contribution in [-0.4, -0.2) is 6.26 Å². The summed E-state index contributed by atoms with van der Waals surface area (Å²) >= 11 is 1.70. The van der Waals surface area contributed by atoms with Crippen molar-refractivity contribution in [2.24, 2.45) is 0 Å². The molecule has 3 heteroatoms. The summed E-state index contributed by atoms with van der Waals surface area (Å²) in [5, 5.41) is 0. The Kier molecular flexibility index (Phi) is 3.06. The van der Waals surface area contributed by atoms with Crippen LogP contribution >= 0.6 is 11.8 Å². The summed E-state index contributed by atoms with van der Waals surface area (Å²) in [5.74, 6) is 0. The van der Waals surface area contributed by atoms with Crippen molar-refractivity contribution in [3.8, 4) is 11.1 Å². The number of benzene rings is 2. The van der Waals surface area contributed by atoms with E-state index in [2.05, 4.69) is 12.3 Å². The molecular formula is C13H14N2S. The van der Waals surface area contributed by atoms with Gasteiger partial charge in [0.2, 0.25) is 0 Å². The van der Waals surface area contributed by atoms with Crippen LogP contribution in [0.1, 0.15) is 0 Å². The molecule has 0 heterocycles. The maximum Gasteiger partial charge on any atom is 0.0394 e. The second kappa shape index (κ2) is 4.49. The minimum Gasteiger partial charge on any atom is -0.399 e. The van der Waals surface area contributed by atoms with E-state index >= 15 is 0 Å². The fraction of sp³-hybridized carbons (Fsp3) is 0.0769. The lowest BCUT2D eigenvalue weighted by Gasteiger charge is -2.08. The second-order valence-corrected chi connectivity index (χ2v) is 4.46. The minimum atomic E-state index is 0.756. The third-order valence-corrected chi connectivity index (χ3v) is 3.18. The quantitative estimate of drug-likeness (QED) is 0.615. The van der Waals surface area contributed by atoms with Crippen LogP contribution in [-0.2, 0) is 0 Å². The van der Waals surface area contributed by atoms with Gasteiger partial charge in [-0.1, -0.05) is 12.1 Å². The molecule has 2 rings (SSSR count). The van der Waals surface area contributed by atoms with Gasteiger partial charge in [0, 0.05) is 21.8 Å². The standard InChI is InChI=1S/C13H14N2S/c1-16-11-5-6-13(15)12(8-11)9-3-2-4-10(14)7-9/h2-8H,14-15H2,1H3. The van der Waals surface area contributed by atoms with Gasteiger partial charge < -0.3 is 11.5 Å². The van der Waals surface area contributed by atoms with E-state index in [1.165, 1.54) is 4.90 Å². The van der Waals surface area contributed by atoms with Gasteiger partial charge >= 0.3 is 0 Å². The highest BCUT2D eigenvalue weighted by molar-refractivity contribution is 7.98. The van der Waals surface area contributed by atoms with Crippen molar-refractivity contribution in [1.29, 1.82) is 0 Å². The summed E-state index contributed by atoms with van der Waals surface area (Å²) < 4.78 is 0. The number of rotatable bonds is 2. The van der Waals surface area contributed by atoms with Gasteiger partial charge in [-0.25, -0.2) is 0 Å². The number of nitrogen functional groups attached to an aromatic ring is 2. The van der Waals surface area contributed by atoms with E-state index in [1.807, 2.05) is 36.4 Å². The summed E-state index contributed by atoms with van der Waals surface area (Å²) in [6.45, 7) is 0. The van der Waals surface area contributed by atoms with Crippen molar-refractivity contribution < 1.29 is 0 Å². The molecular weight excluding hydrogens is 216 g/mol. The fourth-order valence-corrected chi connectivity index (χ4v) is 2.06. The smallest absolute Gasteiger partial charge is 0.0394 e. The fourth-order valence-electron chi connectivity index (χ4n) is 1.62. The van der Waals surface area contributed by atoms with Crippen LogP contribution in [0.5, 0.6) is 0 Å². The Hall–Kier alpha value is -1.61. The van der Waals surface area contributed by atoms with Gasteiger partial charge in [0.25, 0.3) is 0 Å². The zero-order valence-electron chi connectivity index (χ0n) is 9.10. The van der Waals surface area contributed by atoms with E-state index in [0.29, 0.717) is 0 Å². The molecule has 82 valence electrons. The molecule has 0 saturated carbocycles. The molecule has 0 radical (unpaired) electrons. The summed E-state index contributed by atoms with van der Waals surface area (Å²) in [7, 11) is 0. The van der Waals surface area contributed by atoms with Crippen LogP contribution in [0, 0.1) is 0 Å². The van der Waals surface area contributed by atoms with Crippen molar-refractivity contribution in [2.75, 3.05) is 17.7 Å². The lowest BCUT2D eigenvalue weighted by Crippen LogP contribution is -1.91. The van der Waals surface area contributed by atoms with E-state index in [9.17, 15) is 0 Å². The second-order valence-electron chi connectivity index (χ2n) is 3.58. The Labute approximate surface area is 99.7 Å². The molecule has 2 aromatic rings. The Morgan fingerprint density at radius 2 is 1.81 bits per heavy atom. The lowest BCUT2D eigenvalue weighted by molar-refractivity contribution is 1.46. The van der Waals surface area contributed by atoms with Gasteiger partial charge in [-0.3, -0.25) is 0 Å². The first kappa shape index (κ1) is 10.9. The number of anilines is 2. The van der Waals surface area contributed by atoms with Crippen LogP contribution in [0.4, 0.5) is 11.4 Å². The van der Waals surface area contributed by atoms with Crippen LogP contribution in [0.2, 0.25) is 0 Å². The Bertz CT molecular complexity index is 509. The van der Waals surface area contributed by atoms with Crippen molar-refractivity contribution in [1.82, 2.24) is 0 Å². The summed E-state index contributed by atoms with van der Waals surface area (Å²) in [5.41, 5.74) is 15.4. The highest BCUT2D eigenvalue weighted by Gasteiger charge is 2.04. The number of hydrogen-bond acceptors (Lipinski definition) is 3. The molecule has 16 heavy (non-hydrogen) atoms. The van der Waals surface area contributed by atoms with Gasteiger partial charge in [0.15, 0.2) is 0 Å². The predicted octanol–water partition coefficient (Wildman–Crippen LogP) is 3.24. The molecule has 0 fully saturated rings. The number of hydrogen-bond donors (Lipinski definition) is 2. The van der Waals surface area contributed by atoms with E-state index in [0.717, 1.165) is 22.5 Å². The SMILES string of the molecule is CSc1ccc(N)c(-c2cccc(N)c2)c1. The van der Waals surface area contributed by atoms with Crippen LogP contribution in [0.3, 0.4) is 0 Å². The third kappa shape index (κ3) is 2.14. The van der Waals surface area contributed by atoms with Crippen molar-refractivity contribution in [3.63, 3.8) is 0 Å². The summed E-state index contributed by atoms with van der Waals surface area (Å²) in [6.07, 6.45) is 2.05. The molecule has 0 unspecified atom stereocenters. The largest absolute Gasteiger partial charge is 0.399 e. The molecule has 0 atom stereocenters. The molecule has 2 nitrogen and oxygen atoms in total. The molecule has 0 aliphatic heterocycles. The van der Waals surface area contributed by atoms with E-state index < -0.39 is 0 Å². The average molecular weight is 230 g/mol. The van der Waals surface area contributed by atoms with Crippen molar-refractivity contribution in [3.05, 3.63) is 42.5 Å². The Morgan fingerprint density at radius 3 is 2.50 bits per heavy atom. The first-order chi connectivity index (χ1) is 7.70. The molecule has 4 N–H and O–H groups in total. The van der Waals surface area contributed by atoms with E-state index in [-0.39, 0.29) is 0 Å². The molecule has 2 aromatic carbocycles. The molecule has 0 aliphatic rings. The van der Waals surface area contributed by atoms with Gasteiger partial charge in [-0.2, -0.15) is 0 Å². The van der Waals surface area contributed by atoms with Crippen molar-refractivity contribution >= 4 is 23.1 Å². The third-order valence-electron chi connectivity index (χ3n) is 2.46. The minimum absolute atomic E-state index is 0.756. The van der Waals surface area contributed by atoms with Gasteiger partial charge in [0.1, 0.15) is 0 Å². The predicted molar refractivity (Wildman–Crippen MR) is 72.5 cm³/mol. The van der Waals surface area contributed by atoms with Crippen LogP contribution < -0.4 is 11.5 Å². The zero-order chi connectivity index (χ0) is 11.5.